The highest BCUT2D eigenvalue weighted by molar-refractivity contribution is 9.10. The van der Waals surface area contributed by atoms with Crippen LogP contribution in [0, 0.1) is 0 Å². The molecule has 1 rings (SSSR count). The molecule has 0 spiro atoms. The van der Waals surface area contributed by atoms with E-state index in [0.29, 0.717) is 13.0 Å². The van der Waals surface area contributed by atoms with Crippen LogP contribution in [0.5, 0.6) is 0 Å². The van der Waals surface area contributed by atoms with Gasteiger partial charge in [0, 0.05) is 19.2 Å². The van der Waals surface area contributed by atoms with Crippen molar-refractivity contribution in [3.8, 4) is 0 Å². The molecule has 1 aromatic rings. The van der Waals surface area contributed by atoms with Gasteiger partial charge in [-0.15, -0.1) is 0 Å². The van der Waals surface area contributed by atoms with E-state index in [9.17, 15) is 4.79 Å². The first kappa shape index (κ1) is 9.25. The molecule has 0 saturated heterocycles. The lowest BCUT2D eigenvalue weighted by atomic mass is 10.3. The van der Waals surface area contributed by atoms with Crippen molar-refractivity contribution in [1.82, 2.24) is 9.78 Å². The maximum atomic E-state index is 10.2. The Kier molecular flexibility index (Phi) is 3.28. The predicted octanol–water partition coefficient (Wildman–Crippen LogP) is 1.51. The number of aryl methyl sites for hydroxylation is 1. The third-order valence-corrected chi connectivity index (χ3v) is 1.79. The Bertz CT molecular complexity index is 272. The Morgan fingerprint density at radius 2 is 2.50 bits per heavy atom. The number of carboxylic acids is 1. The normalized spacial score (nSPS) is 10.1. The zero-order valence-electron chi connectivity index (χ0n) is 6.40. The molecule has 0 atom stereocenters. The van der Waals surface area contributed by atoms with E-state index in [1.54, 1.807) is 10.9 Å². The number of hydrogen-bond donors (Lipinski definition) is 1. The average molecular weight is 233 g/mol. The molecule has 0 amide bonds. The van der Waals surface area contributed by atoms with Gasteiger partial charge in [-0.05, 0) is 22.4 Å². The number of carboxylic acid groups (broad SMARTS) is 1. The molecule has 4 nitrogen and oxygen atoms in total. The van der Waals surface area contributed by atoms with Gasteiger partial charge in [-0.3, -0.25) is 9.48 Å². The monoisotopic (exact) mass is 232 g/mol. The number of aromatic nitrogens is 2. The minimum absolute atomic E-state index is 0.192. The van der Waals surface area contributed by atoms with E-state index in [0.717, 1.165) is 4.47 Å². The maximum absolute atomic E-state index is 10.2. The number of hydrogen-bond acceptors (Lipinski definition) is 2. The van der Waals surface area contributed by atoms with Crippen molar-refractivity contribution in [2.75, 3.05) is 0 Å². The van der Waals surface area contributed by atoms with E-state index in [4.69, 9.17) is 5.11 Å². The average Bonchev–Trinajstić information content (AvgIpc) is 2.35. The van der Waals surface area contributed by atoms with Crippen molar-refractivity contribution in [1.29, 1.82) is 0 Å². The molecule has 0 aliphatic heterocycles. The first-order valence-electron chi connectivity index (χ1n) is 3.58. The first-order chi connectivity index (χ1) is 5.68. The quantitative estimate of drug-likeness (QED) is 0.857. The summed E-state index contributed by atoms with van der Waals surface area (Å²) in [6.45, 7) is 0.651. The Morgan fingerprint density at radius 3 is 3.00 bits per heavy atom. The molecule has 1 aromatic heterocycles. The highest BCUT2D eigenvalue weighted by Gasteiger charge is 1.98. The summed E-state index contributed by atoms with van der Waals surface area (Å²) in [7, 11) is 0. The van der Waals surface area contributed by atoms with Gasteiger partial charge in [0.2, 0.25) is 0 Å². The van der Waals surface area contributed by atoms with Gasteiger partial charge in [0.25, 0.3) is 0 Å². The van der Waals surface area contributed by atoms with E-state index in [1.807, 2.05) is 6.20 Å². The summed E-state index contributed by atoms with van der Waals surface area (Å²) in [5.74, 6) is -0.763. The molecule has 0 saturated carbocycles. The summed E-state index contributed by atoms with van der Waals surface area (Å²) in [5, 5.41) is 12.3. The van der Waals surface area contributed by atoms with E-state index in [2.05, 4.69) is 21.0 Å². The lowest BCUT2D eigenvalue weighted by Crippen LogP contribution is -2.01. The number of halogens is 1. The largest absolute Gasteiger partial charge is 0.481 e. The predicted molar refractivity (Wildman–Crippen MR) is 46.8 cm³/mol. The Morgan fingerprint density at radius 1 is 1.75 bits per heavy atom. The minimum Gasteiger partial charge on any atom is -0.481 e. The van der Waals surface area contributed by atoms with Crippen molar-refractivity contribution in [3.63, 3.8) is 0 Å². The molecule has 0 unspecified atom stereocenters. The van der Waals surface area contributed by atoms with Crippen molar-refractivity contribution >= 4 is 21.9 Å². The van der Waals surface area contributed by atoms with Crippen molar-refractivity contribution in [3.05, 3.63) is 16.9 Å². The van der Waals surface area contributed by atoms with E-state index in [-0.39, 0.29) is 6.42 Å². The molecule has 0 fully saturated rings. The van der Waals surface area contributed by atoms with Crippen LogP contribution in [0.4, 0.5) is 0 Å². The third kappa shape index (κ3) is 3.04. The van der Waals surface area contributed by atoms with Crippen LogP contribution in [-0.4, -0.2) is 20.9 Å². The molecule has 0 aliphatic carbocycles. The summed E-state index contributed by atoms with van der Waals surface area (Å²) >= 11 is 3.25. The van der Waals surface area contributed by atoms with Crippen molar-refractivity contribution < 1.29 is 9.90 Å². The SMILES string of the molecule is O=C(O)CCCn1cc(Br)cn1. The van der Waals surface area contributed by atoms with Crippen LogP contribution in [-0.2, 0) is 11.3 Å². The third-order valence-electron chi connectivity index (χ3n) is 1.38. The van der Waals surface area contributed by atoms with Gasteiger partial charge in [-0.1, -0.05) is 0 Å². The molecule has 66 valence electrons. The summed E-state index contributed by atoms with van der Waals surface area (Å²) in [6, 6.07) is 0. The molecule has 0 aliphatic rings. The van der Waals surface area contributed by atoms with Gasteiger partial charge in [-0.2, -0.15) is 5.10 Å². The second-order valence-corrected chi connectivity index (χ2v) is 3.33. The molecule has 0 radical (unpaired) electrons. The first-order valence-corrected chi connectivity index (χ1v) is 4.37. The molecular weight excluding hydrogens is 224 g/mol. The van der Waals surface area contributed by atoms with Crippen LogP contribution in [0.15, 0.2) is 16.9 Å². The number of rotatable bonds is 4. The summed E-state index contributed by atoms with van der Waals surface area (Å²) in [4.78, 5) is 10.2. The van der Waals surface area contributed by atoms with Crippen molar-refractivity contribution in [2.45, 2.75) is 19.4 Å². The van der Waals surface area contributed by atoms with Crippen LogP contribution < -0.4 is 0 Å². The molecule has 0 aromatic carbocycles. The van der Waals surface area contributed by atoms with Crippen molar-refractivity contribution in [2.24, 2.45) is 0 Å². The van der Waals surface area contributed by atoms with Crippen LogP contribution in [0.3, 0.4) is 0 Å². The fourth-order valence-electron chi connectivity index (χ4n) is 0.853. The molecule has 12 heavy (non-hydrogen) atoms. The van der Waals surface area contributed by atoms with Crippen LogP contribution in [0.25, 0.3) is 0 Å². The van der Waals surface area contributed by atoms with E-state index in [1.165, 1.54) is 0 Å². The fraction of sp³-hybridized carbons (Fsp3) is 0.429. The number of carbonyl (C=O) groups is 1. The topological polar surface area (TPSA) is 55.1 Å². The van der Waals surface area contributed by atoms with Crippen LogP contribution >= 0.6 is 15.9 Å². The van der Waals surface area contributed by atoms with Gasteiger partial charge < -0.3 is 5.11 Å². The molecule has 5 heteroatoms. The molecule has 1 N–H and O–H groups in total. The molecule has 0 bridgehead atoms. The molecule has 1 heterocycles. The van der Waals surface area contributed by atoms with Gasteiger partial charge >= 0.3 is 5.97 Å². The Labute approximate surface area is 78.3 Å². The maximum Gasteiger partial charge on any atom is 0.303 e. The van der Waals surface area contributed by atoms with Gasteiger partial charge in [0.15, 0.2) is 0 Å². The highest BCUT2D eigenvalue weighted by Crippen LogP contribution is 2.06. The second-order valence-electron chi connectivity index (χ2n) is 2.42. The fourth-order valence-corrected chi connectivity index (χ4v) is 1.18. The lowest BCUT2D eigenvalue weighted by molar-refractivity contribution is -0.137. The smallest absolute Gasteiger partial charge is 0.303 e. The second kappa shape index (κ2) is 4.25. The van der Waals surface area contributed by atoms with Crippen LogP contribution in [0.2, 0.25) is 0 Å². The standard InChI is InChI=1S/C7H9BrN2O2/c8-6-4-9-10(5-6)3-1-2-7(11)12/h4-5H,1-3H2,(H,11,12). The Balaban J connectivity index is 2.29. The number of nitrogens with zero attached hydrogens (tertiary/aromatic N) is 2. The minimum atomic E-state index is -0.763. The highest BCUT2D eigenvalue weighted by atomic mass is 79.9. The van der Waals surface area contributed by atoms with Gasteiger partial charge in [0.1, 0.15) is 0 Å². The van der Waals surface area contributed by atoms with E-state index < -0.39 is 5.97 Å². The Hall–Kier alpha value is -0.840. The van der Waals surface area contributed by atoms with Gasteiger partial charge in [-0.25, -0.2) is 0 Å². The zero-order valence-corrected chi connectivity index (χ0v) is 7.99. The summed E-state index contributed by atoms with van der Waals surface area (Å²) in [6.07, 6.45) is 4.31. The summed E-state index contributed by atoms with van der Waals surface area (Å²) in [5.41, 5.74) is 0. The molecular formula is C7H9BrN2O2. The lowest BCUT2D eigenvalue weighted by Gasteiger charge is -1.97. The van der Waals surface area contributed by atoms with Crippen LogP contribution in [0.1, 0.15) is 12.8 Å². The number of aliphatic carboxylic acids is 1. The van der Waals surface area contributed by atoms with E-state index >= 15 is 0 Å². The van der Waals surface area contributed by atoms with Gasteiger partial charge in [0.05, 0.1) is 10.7 Å². The zero-order chi connectivity index (χ0) is 8.97. The summed E-state index contributed by atoms with van der Waals surface area (Å²) < 4.78 is 2.63.